The zero-order valence-electron chi connectivity index (χ0n) is 14.2. The lowest BCUT2D eigenvalue weighted by atomic mass is 10.1. The maximum atomic E-state index is 6.28. The zero-order valence-corrected chi connectivity index (χ0v) is 15.7. The Balaban J connectivity index is 1.95. The van der Waals surface area contributed by atoms with Gasteiger partial charge in [-0.25, -0.2) is 0 Å². The molecular formula is C19H20Cl2N4. The predicted octanol–water partition coefficient (Wildman–Crippen LogP) is 4.80. The van der Waals surface area contributed by atoms with E-state index < -0.39 is 0 Å². The summed E-state index contributed by atoms with van der Waals surface area (Å²) < 4.78 is 0. The van der Waals surface area contributed by atoms with Crippen LogP contribution in [0.2, 0.25) is 10.0 Å². The van der Waals surface area contributed by atoms with Gasteiger partial charge in [-0.05, 0) is 12.1 Å². The van der Waals surface area contributed by atoms with Crippen LogP contribution in [0.4, 0.5) is 0 Å². The minimum absolute atomic E-state index is 0.367. The van der Waals surface area contributed by atoms with Gasteiger partial charge in [0.15, 0.2) is 0 Å². The van der Waals surface area contributed by atoms with E-state index in [0.29, 0.717) is 29.2 Å². The second kappa shape index (κ2) is 8.00. The molecule has 0 aliphatic rings. The highest BCUT2D eigenvalue weighted by molar-refractivity contribution is 6.35. The summed E-state index contributed by atoms with van der Waals surface area (Å²) in [6.45, 7) is 5.30. The van der Waals surface area contributed by atoms with Crippen LogP contribution in [-0.4, -0.2) is 21.0 Å². The van der Waals surface area contributed by atoms with Crippen molar-refractivity contribution in [2.75, 3.05) is 0 Å². The third-order valence-electron chi connectivity index (χ3n) is 3.81. The van der Waals surface area contributed by atoms with Crippen molar-refractivity contribution >= 4 is 23.2 Å². The summed E-state index contributed by atoms with van der Waals surface area (Å²) in [5.74, 6) is 0. The minimum Gasteiger partial charge on any atom is -0.309 e. The average Bonchev–Trinajstić information content (AvgIpc) is 3.00. The lowest BCUT2D eigenvalue weighted by Crippen LogP contribution is -2.22. The topological polar surface area (TPSA) is 42.7 Å². The Morgan fingerprint density at radius 1 is 0.960 bits per heavy atom. The second-order valence-corrected chi connectivity index (χ2v) is 6.94. The van der Waals surface area contributed by atoms with Crippen molar-refractivity contribution in [2.24, 2.45) is 0 Å². The molecule has 25 heavy (non-hydrogen) atoms. The first-order valence-electron chi connectivity index (χ1n) is 8.20. The Kier molecular flexibility index (Phi) is 5.74. The maximum Gasteiger partial charge on any atom is 0.117 e. The Labute approximate surface area is 157 Å². The molecule has 2 aromatic carbocycles. The zero-order chi connectivity index (χ0) is 17.8. The van der Waals surface area contributed by atoms with E-state index in [4.69, 9.17) is 23.2 Å². The molecule has 0 bridgehead atoms. The standard InChI is InChI=1S/C19H20Cl2N4/c1-13(2)22-11-18-19(14-7-4-3-5-8-14)24-25(23-18)12-15-16(20)9-6-10-17(15)21/h3-10,13,22H,11-12H2,1-2H3. The molecule has 0 unspecified atom stereocenters. The maximum absolute atomic E-state index is 6.28. The van der Waals surface area contributed by atoms with Gasteiger partial charge in [-0.2, -0.15) is 15.0 Å². The first-order chi connectivity index (χ1) is 12.0. The summed E-state index contributed by atoms with van der Waals surface area (Å²) in [5, 5.41) is 14.0. The molecule has 0 fully saturated rings. The van der Waals surface area contributed by atoms with Gasteiger partial charge in [-0.1, -0.05) is 73.4 Å². The third kappa shape index (κ3) is 4.40. The van der Waals surface area contributed by atoms with Crippen LogP contribution < -0.4 is 5.32 Å². The van der Waals surface area contributed by atoms with E-state index in [1.165, 1.54) is 0 Å². The van der Waals surface area contributed by atoms with Crippen molar-refractivity contribution in [1.82, 2.24) is 20.3 Å². The number of aromatic nitrogens is 3. The number of nitrogens with zero attached hydrogens (tertiary/aromatic N) is 3. The number of halogens is 2. The lowest BCUT2D eigenvalue weighted by molar-refractivity contribution is 0.554. The molecule has 0 aliphatic heterocycles. The van der Waals surface area contributed by atoms with Crippen LogP contribution in [0.1, 0.15) is 25.1 Å². The Bertz CT molecular complexity index is 824. The number of nitrogens with one attached hydrogen (secondary N) is 1. The summed E-state index contributed by atoms with van der Waals surface area (Å²) >= 11 is 12.6. The van der Waals surface area contributed by atoms with E-state index in [9.17, 15) is 0 Å². The first kappa shape index (κ1) is 17.9. The smallest absolute Gasteiger partial charge is 0.117 e. The SMILES string of the molecule is CC(C)NCc1nn(Cc2c(Cl)cccc2Cl)nc1-c1ccccc1. The normalized spacial score (nSPS) is 11.2. The molecule has 0 aliphatic carbocycles. The van der Waals surface area contributed by atoms with E-state index in [-0.39, 0.29) is 0 Å². The van der Waals surface area contributed by atoms with Crippen LogP contribution in [0.25, 0.3) is 11.3 Å². The monoisotopic (exact) mass is 374 g/mol. The van der Waals surface area contributed by atoms with E-state index in [1.807, 2.05) is 48.5 Å². The van der Waals surface area contributed by atoms with Gasteiger partial charge in [0.2, 0.25) is 0 Å². The molecule has 1 N–H and O–H groups in total. The van der Waals surface area contributed by atoms with Crippen molar-refractivity contribution < 1.29 is 0 Å². The summed E-state index contributed by atoms with van der Waals surface area (Å²) in [4.78, 5) is 1.66. The summed E-state index contributed by atoms with van der Waals surface area (Å²) in [5.41, 5.74) is 3.64. The highest BCUT2D eigenvalue weighted by Crippen LogP contribution is 2.26. The minimum atomic E-state index is 0.367. The van der Waals surface area contributed by atoms with E-state index in [0.717, 1.165) is 22.5 Å². The highest BCUT2D eigenvalue weighted by atomic mass is 35.5. The highest BCUT2D eigenvalue weighted by Gasteiger charge is 2.15. The second-order valence-electron chi connectivity index (χ2n) is 6.13. The third-order valence-corrected chi connectivity index (χ3v) is 4.52. The molecule has 0 atom stereocenters. The molecule has 1 heterocycles. The molecule has 0 saturated heterocycles. The first-order valence-corrected chi connectivity index (χ1v) is 8.96. The predicted molar refractivity (Wildman–Crippen MR) is 103 cm³/mol. The van der Waals surface area contributed by atoms with Crippen LogP contribution in [-0.2, 0) is 13.1 Å². The molecule has 4 nitrogen and oxygen atoms in total. The quantitative estimate of drug-likeness (QED) is 0.673. The van der Waals surface area contributed by atoms with Crippen molar-refractivity contribution in [1.29, 1.82) is 0 Å². The summed E-state index contributed by atoms with van der Waals surface area (Å²) in [7, 11) is 0. The van der Waals surface area contributed by atoms with Crippen LogP contribution in [0.5, 0.6) is 0 Å². The lowest BCUT2D eigenvalue weighted by Gasteiger charge is -2.07. The van der Waals surface area contributed by atoms with Crippen molar-refractivity contribution in [3.05, 3.63) is 69.8 Å². The van der Waals surface area contributed by atoms with Gasteiger partial charge in [0.05, 0.1) is 6.54 Å². The molecule has 1 aromatic heterocycles. The molecule has 0 spiro atoms. The van der Waals surface area contributed by atoms with Gasteiger partial charge >= 0.3 is 0 Å². The van der Waals surface area contributed by atoms with Gasteiger partial charge in [0.25, 0.3) is 0 Å². The van der Waals surface area contributed by atoms with Crippen molar-refractivity contribution in [3.63, 3.8) is 0 Å². The van der Waals surface area contributed by atoms with Crippen LogP contribution in [0, 0.1) is 0 Å². The van der Waals surface area contributed by atoms with E-state index >= 15 is 0 Å². The molecular weight excluding hydrogens is 355 g/mol. The van der Waals surface area contributed by atoms with E-state index in [2.05, 4.69) is 29.4 Å². The van der Waals surface area contributed by atoms with Gasteiger partial charge in [0.1, 0.15) is 11.4 Å². The van der Waals surface area contributed by atoms with Crippen LogP contribution in [0.3, 0.4) is 0 Å². The number of hydrogen-bond acceptors (Lipinski definition) is 3. The average molecular weight is 375 g/mol. The van der Waals surface area contributed by atoms with Crippen LogP contribution >= 0.6 is 23.2 Å². The van der Waals surface area contributed by atoms with E-state index in [1.54, 1.807) is 4.80 Å². The molecule has 0 radical (unpaired) electrons. The number of hydrogen-bond donors (Lipinski definition) is 1. The Morgan fingerprint density at radius 3 is 2.28 bits per heavy atom. The van der Waals surface area contributed by atoms with Crippen molar-refractivity contribution in [2.45, 2.75) is 33.0 Å². The van der Waals surface area contributed by atoms with Crippen molar-refractivity contribution in [3.8, 4) is 11.3 Å². The Hall–Kier alpha value is -1.88. The number of benzene rings is 2. The van der Waals surface area contributed by atoms with Gasteiger partial charge in [-0.15, -0.1) is 0 Å². The molecule has 0 amide bonds. The van der Waals surface area contributed by atoms with Gasteiger partial charge in [0, 0.05) is 33.8 Å². The summed E-state index contributed by atoms with van der Waals surface area (Å²) in [6, 6.07) is 15.9. The molecule has 130 valence electrons. The molecule has 3 rings (SSSR count). The largest absolute Gasteiger partial charge is 0.309 e. The molecule has 3 aromatic rings. The fraction of sp³-hybridized carbons (Fsp3) is 0.263. The molecule has 0 saturated carbocycles. The molecule has 6 heteroatoms. The van der Waals surface area contributed by atoms with Gasteiger partial charge in [-0.3, -0.25) is 0 Å². The fourth-order valence-corrected chi connectivity index (χ4v) is 3.03. The fourth-order valence-electron chi connectivity index (χ4n) is 2.52. The van der Waals surface area contributed by atoms with Gasteiger partial charge < -0.3 is 5.32 Å². The Morgan fingerprint density at radius 2 is 1.64 bits per heavy atom. The summed E-state index contributed by atoms with van der Waals surface area (Å²) in [6.07, 6.45) is 0. The number of rotatable bonds is 6. The van der Waals surface area contributed by atoms with Crippen LogP contribution in [0.15, 0.2) is 48.5 Å².